The van der Waals surface area contributed by atoms with Crippen LogP contribution in [0.5, 0.6) is 0 Å². The Labute approximate surface area is 76.5 Å². The first kappa shape index (κ1) is 9.73. The molecule has 5 heteroatoms. The number of aromatic amines is 1. The van der Waals surface area contributed by atoms with E-state index in [9.17, 15) is 4.79 Å². The van der Waals surface area contributed by atoms with Gasteiger partial charge in [-0.15, -0.1) is 0 Å². The van der Waals surface area contributed by atoms with E-state index in [2.05, 4.69) is 15.5 Å². The lowest BCUT2D eigenvalue weighted by Crippen LogP contribution is -2.27. The van der Waals surface area contributed by atoms with Gasteiger partial charge < -0.3 is 10.1 Å². The lowest BCUT2D eigenvalue weighted by Gasteiger charge is -2.01. The molecule has 72 valence electrons. The van der Waals surface area contributed by atoms with Crippen LogP contribution in [0.25, 0.3) is 0 Å². The fraction of sp³-hybridized carbons (Fsp3) is 0.500. The van der Waals surface area contributed by atoms with Crippen molar-refractivity contribution in [2.75, 3.05) is 20.3 Å². The minimum atomic E-state index is -0.171. The number of aryl methyl sites for hydroxylation is 1. The molecular formula is C8H13N3O2. The number of hydrogen-bond donors (Lipinski definition) is 2. The van der Waals surface area contributed by atoms with Crippen LogP contribution in [0.4, 0.5) is 0 Å². The Morgan fingerprint density at radius 2 is 2.54 bits per heavy atom. The molecule has 1 amide bonds. The zero-order valence-electron chi connectivity index (χ0n) is 7.76. The molecule has 1 heterocycles. The fourth-order valence-electron chi connectivity index (χ4n) is 0.930. The van der Waals surface area contributed by atoms with Crippen LogP contribution in [0.2, 0.25) is 0 Å². The molecule has 0 atom stereocenters. The second-order valence-corrected chi connectivity index (χ2v) is 2.67. The van der Waals surface area contributed by atoms with Crippen LogP contribution in [0, 0.1) is 6.92 Å². The molecular weight excluding hydrogens is 170 g/mol. The van der Waals surface area contributed by atoms with Crippen LogP contribution in [0.1, 0.15) is 16.1 Å². The predicted octanol–water partition coefficient (Wildman–Crippen LogP) is 0.0943. The Hall–Kier alpha value is -1.36. The molecule has 5 nitrogen and oxygen atoms in total. The molecule has 1 aromatic rings. The number of nitrogens with one attached hydrogen (secondary N) is 2. The summed E-state index contributed by atoms with van der Waals surface area (Å²) in [5.41, 5.74) is 1.28. The molecule has 0 radical (unpaired) electrons. The Bertz CT molecular complexity index is 283. The largest absolute Gasteiger partial charge is 0.383 e. The smallest absolute Gasteiger partial charge is 0.272 e. The van der Waals surface area contributed by atoms with Gasteiger partial charge in [0.2, 0.25) is 0 Å². The first-order valence-corrected chi connectivity index (χ1v) is 4.03. The zero-order valence-corrected chi connectivity index (χ0v) is 7.76. The van der Waals surface area contributed by atoms with Crippen LogP contribution in [0.3, 0.4) is 0 Å². The van der Waals surface area contributed by atoms with Crippen LogP contribution >= 0.6 is 0 Å². The molecule has 0 fully saturated rings. The molecule has 1 rings (SSSR count). The van der Waals surface area contributed by atoms with Crippen LogP contribution in [-0.2, 0) is 4.74 Å². The molecule has 13 heavy (non-hydrogen) atoms. The summed E-state index contributed by atoms with van der Waals surface area (Å²) in [6.07, 6.45) is 1.69. The van der Waals surface area contributed by atoms with E-state index < -0.39 is 0 Å². The van der Waals surface area contributed by atoms with Gasteiger partial charge in [-0.3, -0.25) is 9.89 Å². The Morgan fingerprint density at radius 1 is 1.77 bits per heavy atom. The van der Waals surface area contributed by atoms with Gasteiger partial charge in [-0.05, 0) is 12.5 Å². The van der Waals surface area contributed by atoms with Crippen molar-refractivity contribution in [2.45, 2.75) is 6.92 Å². The number of carbonyl (C=O) groups is 1. The van der Waals surface area contributed by atoms with E-state index in [-0.39, 0.29) is 5.91 Å². The summed E-state index contributed by atoms with van der Waals surface area (Å²) in [7, 11) is 1.59. The van der Waals surface area contributed by atoms with Crippen LogP contribution in [-0.4, -0.2) is 36.4 Å². The highest BCUT2D eigenvalue weighted by Gasteiger charge is 2.09. The average Bonchev–Trinajstić information content (AvgIpc) is 2.52. The van der Waals surface area contributed by atoms with Crippen molar-refractivity contribution in [1.29, 1.82) is 0 Å². The fourth-order valence-corrected chi connectivity index (χ4v) is 0.930. The highest BCUT2D eigenvalue weighted by atomic mass is 16.5. The summed E-state index contributed by atoms with van der Waals surface area (Å²) in [5, 5.41) is 9.12. The van der Waals surface area contributed by atoms with Crippen molar-refractivity contribution in [3.63, 3.8) is 0 Å². The van der Waals surface area contributed by atoms with E-state index in [0.717, 1.165) is 5.56 Å². The minimum absolute atomic E-state index is 0.171. The Balaban J connectivity index is 2.45. The molecule has 2 N–H and O–H groups in total. The van der Waals surface area contributed by atoms with E-state index in [1.165, 1.54) is 0 Å². The van der Waals surface area contributed by atoms with Gasteiger partial charge in [-0.2, -0.15) is 5.10 Å². The normalized spacial score (nSPS) is 10.0. The van der Waals surface area contributed by atoms with Gasteiger partial charge >= 0.3 is 0 Å². The molecule has 1 aromatic heterocycles. The predicted molar refractivity (Wildman–Crippen MR) is 47.5 cm³/mol. The van der Waals surface area contributed by atoms with E-state index >= 15 is 0 Å². The van der Waals surface area contributed by atoms with Crippen molar-refractivity contribution in [2.24, 2.45) is 0 Å². The highest BCUT2D eigenvalue weighted by molar-refractivity contribution is 5.93. The van der Waals surface area contributed by atoms with Crippen molar-refractivity contribution in [1.82, 2.24) is 15.5 Å². The molecule has 0 saturated carbocycles. The van der Waals surface area contributed by atoms with E-state index in [1.54, 1.807) is 13.3 Å². The summed E-state index contributed by atoms with van der Waals surface area (Å²) in [6, 6.07) is 0. The topological polar surface area (TPSA) is 67.0 Å². The number of nitrogens with zero attached hydrogens (tertiary/aromatic N) is 1. The quantitative estimate of drug-likeness (QED) is 0.650. The molecule has 0 aromatic carbocycles. The monoisotopic (exact) mass is 183 g/mol. The van der Waals surface area contributed by atoms with Gasteiger partial charge in [0.25, 0.3) is 5.91 Å². The van der Waals surface area contributed by atoms with E-state index in [4.69, 9.17) is 4.74 Å². The highest BCUT2D eigenvalue weighted by Crippen LogP contribution is 2.00. The number of rotatable bonds is 4. The number of ether oxygens (including phenoxy) is 1. The maximum absolute atomic E-state index is 11.4. The van der Waals surface area contributed by atoms with Crippen molar-refractivity contribution in [3.8, 4) is 0 Å². The Kier molecular flexibility index (Phi) is 3.45. The molecule has 0 spiro atoms. The number of methoxy groups -OCH3 is 1. The van der Waals surface area contributed by atoms with E-state index in [1.807, 2.05) is 6.92 Å². The number of H-pyrrole nitrogens is 1. The summed E-state index contributed by atoms with van der Waals surface area (Å²) in [4.78, 5) is 11.4. The van der Waals surface area contributed by atoms with Gasteiger partial charge in [-0.25, -0.2) is 0 Å². The second-order valence-electron chi connectivity index (χ2n) is 2.67. The van der Waals surface area contributed by atoms with Crippen molar-refractivity contribution >= 4 is 5.91 Å². The number of aromatic nitrogens is 2. The van der Waals surface area contributed by atoms with Gasteiger partial charge in [0.15, 0.2) is 5.69 Å². The Morgan fingerprint density at radius 3 is 3.08 bits per heavy atom. The van der Waals surface area contributed by atoms with Gasteiger partial charge in [0.05, 0.1) is 6.61 Å². The lowest BCUT2D eigenvalue weighted by molar-refractivity contribution is 0.0931. The third kappa shape index (κ3) is 2.55. The maximum atomic E-state index is 11.4. The molecule has 0 aliphatic rings. The first-order chi connectivity index (χ1) is 6.25. The number of hydrogen-bond acceptors (Lipinski definition) is 3. The van der Waals surface area contributed by atoms with Crippen LogP contribution in [0.15, 0.2) is 6.20 Å². The molecule has 0 saturated heterocycles. The third-order valence-electron chi connectivity index (χ3n) is 1.64. The average molecular weight is 183 g/mol. The minimum Gasteiger partial charge on any atom is -0.383 e. The molecule has 0 unspecified atom stereocenters. The number of carbonyl (C=O) groups excluding carboxylic acids is 1. The number of amides is 1. The molecule has 0 bridgehead atoms. The summed E-state index contributed by atoms with van der Waals surface area (Å²) in [6.45, 7) is 2.84. The maximum Gasteiger partial charge on any atom is 0.272 e. The SMILES string of the molecule is COCCNC(=O)c1n[nH]cc1C. The molecule has 0 aliphatic heterocycles. The second kappa shape index (κ2) is 4.61. The standard InChI is InChI=1S/C8H13N3O2/c1-6-5-10-11-7(6)8(12)9-3-4-13-2/h5H,3-4H2,1-2H3,(H,9,12)(H,10,11). The summed E-state index contributed by atoms with van der Waals surface area (Å²) in [5.74, 6) is -0.171. The van der Waals surface area contributed by atoms with Crippen molar-refractivity contribution < 1.29 is 9.53 Å². The molecule has 0 aliphatic carbocycles. The van der Waals surface area contributed by atoms with Gasteiger partial charge in [0, 0.05) is 19.9 Å². The summed E-state index contributed by atoms with van der Waals surface area (Å²) < 4.78 is 4.80. The zero-order chi connectivity index (χ0) is 9.68. The third-order valence-corrected chi connectivity index (χ3v) is 1.64. The van der Waals surface area contributed by atoms with Crippen LogP contribution < -0.4 is 5.32 Å². The first-order valence-electron chi connectivity index (χ1n) is 4.03. The van der Waals surface area contributed by atoms with E-state index in [0.29, 0.717) is 18.8 Å². The summed E-state index contributed by atoms with van der Waals surface area (Å²) >= 11 is 0. The van der Waals surface area contributed by atoms with Gasteiger partial charge in [-0.1, -0.05) is 0 Å². The van der Waals surface area contributed by atoms with Crippen molar-refractivity contribution in [3.05, 3.63) is 17.5 Å². The lowest BCUT2D eigenvalue weighted by atomic mass is 10.3. The van der Waals surface area contributed by atoms with Gasteiger partial charge in [0.1, 0.15) is 0 Å².